The van der Waals surface area contributed by atoms with Crippen LogP contribution in [0.4, 0.5) is 8.78 Å². The zero-order valence-electron chi connectivity index (χ0n) is 13.4. The second kappa shape index (κ2) is 6.93. The number of rotatable bonds is 7. The normalized spacial score (nSPS) is 13.3. The minimum Gasteiger partial charge on any atom is -0.488 e. The lowest BCUT2D eigenvalue weighted by atomic mass is 10.1. The van der Waals surface area contributed by atoms with Crippen LogP contribution in [-0.4, -0.2) is 34.7 Å². The largest absolute Gasteiger partial charge is 0.488 e. The summed E-state index contributed by atoms with van der Waals surface area (Å²) in [4.78, 5) is 22.2. The molecule has 0 saturated heterocycles. The van der Waals surface area contributed by atoms with E-state index in [1.807, 2.05) is 20.8 Å². The van der Waals surface area contributed by atoms with E-state index in [9.17, 15) is 18.4 Å². The van der Waals surface area contributed by atoms with Crippen LogP contribution in [0.25, 0.3) is 0 Å². The molecule has 0 aliphatic heterocycles. The molecule has 23 heavy (non-hydrogen) atoms. The highest BCUT2D eigenvalue weighted by Crippen LogP contribution is 2.24. The van der Waals surface area contributed by atoms with Gasteiger partial charge in [0.1, 0.15) is 11.4 Å². The molecule has 0 radical (unpaired) electrons. The monoisotopic (exact) mass is 330 g/mol. The second-order valence-electron chi connectivity index (χ2n) is 5.72. The van der Waals surface area contributed by atoms with Gasteiger partial charge in [0.05, 0.1) is 5.56 Å². The van der Waals surface area contributed by atoms with Gasteiger partial charge in [-0.3, -0.25) is 0 Å². The smallest absolute Gasteiger partial charge is 0.378 e. The molecule has 0 heterocycles. The van der Waals surface area contributed by atoms with Crippen LogP contribution in [0.5, 0.6) is 5.75 Å². The first-order chi connectivity index (χ1) is 10.5. The molecule has 5 nitrogen and oxygen atoms in total. The molecule has 128 valence electrons. The molecule has 0 aliphatic rings. The van der Waals surface area contributed by atoms with Gasteiger partial charge in [0.15, 0.2) is 6.10 Å². The van der Waals surface area contributed by atoms with Gasteiger partial charge in [-0.2, -0.15) is 8.78 Å². The number of carbonyl (C=O) groups excluding carboxylic acids is 1. The Labute approximate surface area is 133 Å². The highest BCUT2D eigenvalue weighted by Gasteiger charge is 2.47. The summed E-state index contributed by atoms with van der Waals surface area (Å²) < 4.78 is 36.6. The first-order valence-electron chi connectivity index (χ1n) is 7.11. The number of carboxylic acid groups (broad SMARTS) is 1. The first kappa shape index (κ1) is 18.9. The summed E-state index contributed by atoms with van der Waals surface area (Å²) in [6.45, 7) is 6.61. The number of hydrogen-bond acceptors (Lipinski definition) is 4. The van der Waals surface area contributed by atoms with Crippen molar-refractivity contribution in [2.75, 3.05) is 0 Å². The fourth-order valence-electron chi connectivity index (χ4n) is 1.53. The highest BCUT2D eigenvalue weighted by molar-refractivity contribution is 5.90. The van der Waals surface area contributed by atoms with Gasteiger partial charge in [-0.05, 0) is 51.5 Å². The van der Waals surface area contributed by atoms with Crippen LogP contribution >= 0.6 is 0 Å². The molecule has 1 unspecified atom stereocenters. The summed E-state index contributed by atoms with van der Waals surface area (Å²) in [7, 11) is 0. The van der Waals surface area contributed by atoms with Crippen LogP contribution in [0.2, 0.25) is 0 Å². The third-order valence-corrected chi connectivity index (χ3v) is 3.42. The Bertz CT molecular complexity index is 566. The number of ether oxygens (including phenoxy) is 2. The molecule has 0 aliphatic carbocycles. The zero-order chi connectivity index (χ0) is 17.8. The minimum atomic E-state index is -4.15. The third-order valence-electron chi connectivity index (χ3n) is 3.42. The van der Waals surface area contributed by atoms with E-state index in [0.29, 0.717) is 5.75 Å². The Balaban J connectivity index is 2.77. The molecule has 1 aromatic rings. The molecule has 1 rings (SSSR count). The van der Waals surface area contributed by atoms with Crippen LogP contribution < -0.4 is 4.74 Å². The quantitative estimate of drug-likeness (QED) is 0.774. The van der Waals surface area contributed by atoms with Gasteiger partial charge >= 0.3 is 17.9 Å². The molecular weight excluding hydrogens is 310 g/mol. The lowest BCUT2D eigenvalue weighted by molar-refractivity contribution is -0.180. The Morgan fingerprint density at radius 1 is 1.22 bits per heavy atom. The van der Waals surface area contributed by atoms with E-state index >= 15 is 0 Å². The van der Waals surface area contributed by atoms with E-state index < -0.39 is 24.0 Å². The third kappa shape index (κ3) is 4.91. The van der Waals surface area contributed by atoms with Crippen molar-refractivity contribution in [1.29, 1.82) is 0 Å². The van der Waals surface area contributed by atoms with Gasteiger partial charge in [0.25, 0.3) is 0 Å². The number of carbonyl (C=O) groups is 2. The van der Waals surface area contributed by atoms with Crippen molar-refractivity contribution < 1.29 is 33.0 Å². The van der Waals surface area contributed by atoms with Gasteiger partial charge < -0.3 is 14.6 Å². The molecule has 1 N–H and O–H groups in total. The number of benzene rings is 1. The van der Waals surface area contributed by atoms with E-state index in [1.54, 1.807) is 0 Å². The van der Waals surface area contributed by atoms with Crippen LogP contribution in [-0.2, 0) is 9.53 Å². The van der Waals surface area contributed by atoms with Crippen LogP contribution in [0.1, 0.15) is 44.5 Å². The van der Waals surface area contributed by atoms with Gasteiger partial charge in [0.2, 0.25) is 0 Å². The molecule has 0 bridgehead atoms. The maximum Gasteiger partial charge on any atom is 0.378 e. The number of alkyl halides is 2. The molecular formula is C16H20F2O5. The average molecular weight is 330 g/mol. The second-order valence-corrected chi connectivity index (χ2v) is 5.72. The van der Waals surface area contributed by atoms with E-state index in [4.69, 9.17) is 9.84 Å². The fraction of sp³-hybridized carbons (Fsp3) is 0.500. The maximum atomic E-state index is 13.2. The number of esters is 1. The summed E-state index contributed by atoms with van der Waals surface area (Å²) in [5.41, 5.74) is -0.347. The van der Waals surface area contributed by atoms with Crippen molar-refractivity contribution in [1.82, 2.24) is 0 Å². The predicted molar refractivity (Wildman–Crippen MR) is 78.9 cm³/mol. The molecule has 0 fully saturated rings. The van der Waals surface area contributed by atoms with Crippen molar-refractivity contribution in [3.63, 3.8) is 0 Å². The summed E-state index contributed by atoms with van der Waals surface area (Å²) in [5.74, 6) is -7.00. The van der Waals surface area contributed by atoms with E-state index in [-0.39, 0.29) is 11.2 Å². The standard InChI is InChI=1S/C16H20F2O5/c1-5-15(3,4)23-12-8-6-11(7-9-12)13(19)22-10(2)16(17,18)14(20)21/h6-10H,5H2,1-4H3,(H,20,21). The van der Waals surface area contributed by atoms with E-state index in [2.05, 4.69) is 4.74 Å². The topological polar surface area (TPSA) is 72.8 Å². The SMILES string of the molecule is CCC(C)(C)Oc1ccc(C(=O)OC(C)C(F)(F)C(=O)O)cc1. The summed E-state index contributed by atoms with van der Waals surface area (Å²) in [6.07, 6.45) is -1.30. The lowest BCUT2D eigenvalue weighted by Crippen LogP contribution is -2.42. The Morgan fingerprint density at radius 2 is 1.74 bits per heavy atom. The van der Waals surface area contributed by atoms with Crippen molar-refractivity contribution in [2.24, 2.45) is 0 Å². The molecule has 7 heteroatoms. The lowest BCUT2D eigenvalue weighted by Gasteiger charge is -2.25. The molecule has 1 atom stereocenters. The van der Waals surface area contributed by atoms with Gasteiger partial charge in [0, 0.05) is 0 Å². The predicted octanol–water partition coefficient (Wildman–Crippen LogP) is 3.52. The average Bonchev–Trinajstić information content (AvgIpc) is 2.47. The van der Waals surface area contributed by atoms with Gasteiger partial charge in [-0.15, -0.1) is 0 Å². The van der Waals surface area contributed by atoms with Crippen molar-refractivity contribution in [2.45, 2.75) is 51.7 Å². The van der Waals surface area contributed by atoms with E-state index in [0.717, 1.165) is 13.3 Å². The molecule has 0 aromatic heterocycles. The van der Waals surface area contributed by atoms with Crippen LogP contribution in [0.3, 0.4) is 0 Å². The number of aliphatic carboxylic acids is 1. The number of carboxylic acids is 1. The molecule has 0 spiro atoms. The van der Waals surface area contributed by atoms with Crippen molar-refractivity contribution in [3.8, 4) is 5.75 Å². The van der Waals surface area contributed by atoms with Crippen LogP contribution in [0, 0.1) is 0 Å². The zero-order valence-corrected chi connectivity index (χ0v) is 13.4. The van der Waals surface area contributed by atoms with Gasteiger partial charge in [-0.25, -0.2) is 9.59 Å². The Hall–Kier alpha value is -2.18. The molecule has 0 amide bonds. The highest BCUT2D eigenvalue weighted by atomic mass is 19.3. The van der Waals surface area contributed by atoms with Crippen LogP contribution in [0.15, 0.2) is 24.3 Å². The Kier molecular flexibility index (Phi) is 5.69. The van der Waals surface area contributed by atoms with Gasteiger partial charge in [-0.1, -0.05) is 6.92 Å². The number of halogens is 2. The first-order valence-corrected chi connectivity index (χ1v) is 7.11. The molecule has 1 aromatic carbocycles. The van der Waals surface area contributed by atoms with Crippen molar-refractivity contribution >= 4 is 11.9 Å². The molecule has 0 saturated carbocycles. The Morgan fingerprint density at radius 3 is 2.17 bits per heavy atom. The van der Waals surface area contributed by atoms with E-state index in [1.165, 1.54) is 24.3 Å². The minimum absolute atomic E-state index is 0.0275. The summed E-state index contributed by atoms with van der Waals surface area (Å²) >= 11 is 0. The fourth-order valence-corrected chi connectivity index (χ4v) is 1.53. The number of hydrogen-bond donors (Lipinski definition) is 1. The van der Waals surface area contributed by atoms with Crippen molar-refractivity contribution in [3.05, 3.63) is 29.8 Å². The maximum absolute atomic E-state index is 13.2. The summed E-state index contributed by atoms with van der Waals surface area (Å²) in [5, 5.41) is 8.41. The summed E-state index contributed by atoms with van der Waals surface area (Å²) in [6, 6.07) is 5.78.